The van der Waals surface area contributed by atoms with Crippen LogP contribution in [0.5, 0.6) is 17.2 Å². The number of nitrogens with one attached hydrogen (secondary N) is 1. The fourth-order valence-electron chi connectivity index (χ4n) is 5.70. The van der Waals surface area contributed by atoms with E-state index in [1.54, 1.807) is 25.8 Å². The zero-order valence-corrected chi connectivity index (χ0v) is 24.8. The summed E-state index contributed by atoms with van der Waals surface area (Å²) < 4.78 is 24.5. The van der Waals surface area contributed by atoms with E-state index in [1.807, 2.05) is 29.0 Å². The van der Waals surface area contributed by atoms with Crippen LogP contribution in [0.4, 0.5) is 4.79 Å². The van der Waals surface area contributed by atoms with Gasteiger partial charge in [-0.2, -0.15) is 0 Å². The molecule has 44 heavy (non-hydrogen) atoms. The topological polar surface area (TPSA) is 151 Å². The lowest BCUT2D eigenvalue weighted by atomic mass is 9.95. The number of imidazole rings is 1. The molecule has 0 spiro atoms. The molecule has 12 heteroatoms. The molecule has 2 N–H and O–H groups in total. The summed E-state index contributed by atoms with van der Waals surface area (Å²) in [4.78, 5) is 45.4. The number of hydrogen-bond acceptors (Lipinski definition) is 9. The van der Waals surface area contributed by atoms with Crippen LogP contribution in [-0.2, 0) is 27.3 Å². The van der Waals surface area contributed by atoms with Crippen molar-refractivity contribution >= 4 is 23.4 Å². The van der Waals surface area contributed by atoms with Crippen molar-refractivity contribution in [1.29, 1.82) is 0 Å². The quantitative estimate of drug-likeness (QED) is 0.268. The Hall–Kier alpha value is -4.87. The number of amides is 1. The third kappa shape index (κ3) is 6.85. The lowest BCUT2D eigenvalue weighted by Crippen LogP contribution is -2.42. The maximum Gasteiger partial charge on any atom is 0.407 e. The second-order valence-corrected chi connectivity index (χ2v) is 10.6. The number of carboxylic acids is 1. The van der Waals surface area contributed by atoms with Crippen molar-refractivity contribution in [2.24, 2.45) is 0 Å². The van der Waals surface area contributed by atoms with Crippen LogP contribution in [0, 0.1) is 0 Å². The van der Waals surface area contributed by atoms with Crippen LogP contribution < -0.4 is 19.5 Å². The highest BCUT2D eigenvalue weighted by atomic mass is 16.6. The molecule has 2 heterocycles. The highest BCUT2D eigenvalue weighted by molar-refractivity contribution is 6.06. The monoisotopic (exact) mass is 604 g/mol. The normalized spacial score (nSPS) is 14.7. The Bertz CT molecular complexity index is 1550. The zero-order chi connectivity index (χ0) is 31.1. The highest BCUT2D eigenvalue weighted by Gasteiger charge is 2.32. The highest BCUT2D eigenvalue weighted by Crippen LogP contribution is 2.50. The number of aliphatic carboxylic acids is 1. The summed E-state index contributed by atoms with van der Waals surface area (Å²) >= 11 is 0. The average Bonchev–Trinajstić information content (AvgIpc) is 3.69. The third-order valence-electron chi connectivity index (χ3n) is 7.81. The van der Waals surface area contributed by atoms with E-state index < -0.39 is 18.1 Å². The molecular formula is C32H36N4O8. The van der Waals surface area contributed by atoms with Gasteiger partial charge in [0.05, 0.1) is 39.5 Å². The van der Waals surface area contributed by atoms with Gasteiger partial charge in [-0.05, 0) is 67.0 Å². The number of benzene rings is 1. The number of aryl methyl sites for hydroxylation is 2. The van der Waals surface area contributed by atoms with Crippen molar-refractivity contribution in [3.8, 4) is 28.5 Å². The second-order valence-electron chi connectivity index (χ2n) is 10.6. The standard InChI is InChI=1S/C32H36N4O8/c1-41-29-27(16-20-9-10-26(37)22-7-3-8-23(22)28(20)30(29)42-2)43-15-11-24(31(38)39)35-32(40)44-14-5-13-36-18-25(34-19-36)21-6-4-12-33-17-21/h4,6,12,16-19,24H,3,5,7-11,13-15H2,1-2H3,(H,35,40)(H,38,39). The van der Waals surface area contributed by atoms with E-state index in [0.29, 0.717) is 43.1 Å². The van der Waals surface area contributed by atoms with Gasteiger partial charge in [0, 0.05) is 49.1 Å². The van der Waals surface area contributed by atoms with Gasteiger partial charge < -0.3 is 33.9 Å². The number of allylic oxidation sites excluding steroid dienone is 2. The molecule has 3 aromatic rings. The molecule has 1 atom stereocenters. The molecular weight excluding hydrogens is 568 g/mol. The summed E-state index contributed by atoms with van der Waals surface area (Å²) in [5.74, 6) is 0.220. The first kappa shape index (κ1) is 30.6. The van der Waals surface area contributed by atoms with Gasteiger partial charge >= 0.3 is 12.1 Å². The molecule has 232 valence electrons. The average molecular weight is 605 g/mol. The fraction of sp³-hybridized carbons (Fsp3) is 0.406. The van der Waals surface area contributed by atoms with Crippen molar-refractivity contribution in [2.45, 2.75) is 57.5 Å². The van der Waals surface area contributed by atoms with E-state index in [0.717, 1.165) is 52.8 Å². The van der Waals surface area contributed by atoms with E-state index in [2.05, 4.69) is 15.3 Å². The molecule has 0 bridgehead atoms. The van der Waals surface area contributed by atoms with Gasteiger partial charge in [0.1, 0.15) is 6.04 Å². The van der Waals surface area contributed by atoms with E-state index in [4.69, 9.17) is 18.9 Å². The predicted octanol–water partition coefficient (Wildman–Crippen LogP) is 4.45. The van der Waals surface area contributed by atoms with Crippen molar-refractivity contribution in [1.82, 2.24) is 19.9 Å². The predicted molar refractivity (Wildman–Crippen MR) is 160 cm³/mol. The Morgan fingerprint density at radius 2 is 1.91 bits per heavy atom. The molecule has 1 amide bonds. The Morgan fingerprint density at radius 1 is 1.09 bits per heavy atom. The number of nitrogens with zero attached hydrogens (tertiary/aromatic N) is 3. The number of aromatic nitrogens is 3. The maximum atomic E-state index is 12.7. The van der Waals surface area contributed by atoms with Gasteiger partial charge in [0.25, 0.3) is 0 Å². The summed E-state index contributed by atoms with van der Waals surface area (Å²) in [6.07, 6.45) is 10.1. The van der Waals surface area contributed by atoms with Crippen LogP contribution >= 0.6 is 0 Å². The SMILES string of the molecule is COc1c(OCCC(NC(=O)OCCCn2cnc(-c3cccnc3)c2)C(=O)O)cc2c(c1OC)C1=C(CCC1)C(=O)CC2. The molecule has 1 unspecified atom stereocenters. The van der Waals surface area contributed by atoms with E-state index in [1.165, 1.54) is 7.11 Å². The van der Waals surface area contributed by atoms with Crippen LogP contribution in [0.25, 0.3) is 16.8 Å². The first-order valence-electron chi connectivity index (χ1n) is 14.6. The minimum absolute atomic E-state index is 0.0209. The van der Waals surface area contributed by atoms with Gasteiger partial charge in [-0.1, -0.05) is 0 Å². The number of ketones is 1. The molecule has 2 aliphatic rings. The Labute approximate surface area is 255 Å². The van der Waals surface area contributed by atoms with Gasteiger partial charge in [-0.15, -0.1) is 0 Å². The zero-order valence-electron chi connectivity index (χ0n) is 24.8. The van der Waals surface area contributed by atoms with Crippen LogP contribution in [0.2, 0.25) is 0 Å². The molecule has 5 rings (SSSR count). The Kier molecular flexibility index (Phi) is 9.78. The van der Waals surface area contributed by atoms with Crippen molar-refractivity contribution in [3.05, 3.63) is 59.8 Å². The minimum Gasteiger partial charge on any atom is -0.492 e. The largest absolute Gasteiger partial charge is 0.492 e. The summed E-state index contributed by atoms with van der Waals surface area (Å²) in [6.45, 7) is 0.639. The molecule has 1 aromatic carbocycles. The number of fused-ring (bicyclic) bond motifs is 2. The number of carboxylic acid groups (broad SMARTS) is 1. The van der Waals surface area contributed by atoms with E-state index in [-0.39, 0.29) is 25.4 Å². The lowest BCUT2D eigenvalue weighted by Gasteiger charge is -2.21. The van der Waals surface area contributed by atoms with Crippen LogP contribution in [-0.4, -0.2) is 71.0 Å². The third-order valence-corrected chi connectivity index (χ3v) is 7.81. The molecule has 2 aliphatic carbocycles. The maximum absolute atomic E-state index is 12.7. The number of pyridine rings is 1. The second kappa shape index (κ2) is 14.1. The van der Waals surface area contributed by atoms with Crippen molar-refractivity contribution in [2.75, 3.05) is 27.4 Å². The molecule has 0 fully saturated rings. The van der Waals surface area contributed by atoms with Gasteiger partial charge in [-0.25, -0.2) is 14.6 Å². The first-order chi connectivity index (χ1) is 21.4. The van der Waals surface area contributed by atoms with Crippen molar-refractivity contribution in [3.63, 3.8) is 0 Å². The summed E-state index contributed by atoms with van der Waals surface area (Å²) in [5.41, 5.74) is 5.40. The fourth-order valence-corrected chi connectivity index (χ4v) is 5.70. The van der Waals surface area contributed by atoms with Gasteiger partial charge in [-0.3, -0.25) is 9.78 Å². The number of rotatable bonds is 13. The summed E-state index contributed by atoms with van der Waals surface area (Å²) in [7, 11) is 3.06. The number of carbonyl (C=O) groups is 3. The number of methoxy groups -OCH3 is 2. The van der Waals surface area contributed by atoms with Crippen molar-refractivity contribution < 1.29 is 38.4 Å². The number of alkyl carbamates (subject to hydrolysis) is 1. The van der Waals surface area contributed by atoms with Crippen LogP contribution in [0.3, 0.4) is 0 Å². The molecule has 0 radical (unpaired) electrons. The molecule has 0 aliphatic heterocycles. The number of ether oxygens (including phenoxy) is 4. The summed E-state index contributed by atoms with van der Waals surface area (Å²) in [5, 5.41) is 12.1. The van der Waals surface area contributed by atoms with Crippen LogP contribution in [0.1, 0.15) is 49.7 Å². The summed E-state index contributed by atoms with van der Waals surface area (Å²) in [6, 6.07) is 4.38. The van der Waals surface area contributed by atoms with Gasteiger partial charge in [0.2, 0.25) is 5.75 Å². The van der Waals surface area contributed by atoms with E-state index >= 15 is 0 Å². The molecule has 0 saturated carbocycles. The number of hydrogen-bond donors (Lipinski definition) is 2. The lowest BCUT2D eigenvalue weighted by molar-refractivity contribution is -0.139. The van der Waals surface area contributed by atoms with E-state index in [9.17, 15) is 19.5 Å². The minimum atomic E-state index is -1.23. The smallest absolute Gasteiger partial charge is 0.407 e. The molecule has 12 nitrogen and oxygen atoms in total. The Morgan fingerprint density at radius 3 is 2.66 bits per heavy atom. The Balaban J connectivity index is 1.14. The number of carbonyl (C=O) groups excluding carboxylic acids is 2. The van der Waals surface area contributed by atoms with Crippen LogP contribution in [0.15, 0.2) is 48.7 Å². The molecule has 2 aromatic heterocycles. The molecule has 0 saturated heterocycles. The van der Waals surface area contributed by atoms with Gasteiger partial charge in [0.15, 0.2) is 17.3 Å². The number of Topliss-reactive ketones (excluding diaryl/α,β-unsaturated/α-hetero) is 1. The first-order valence-corrected chi connectivity index (χ1v) is 14.6.